The molecule has 0 aromatic heterocycles. The third-order valence-electron chi connectivity index (χ3n) is 4.78. The van der Waals surface area contributed by atoms with E-state index in [0.717, 1.165) is 5.56 Å². The zero-order valence-electron chi connectivity index (χ0n) is 13.0. The number of benzene rings is 1. The minimum Gasteiger partial charge on any atom is -0.468 e. The first-order chi connectivity index (χ1) is 10.9. The van der Waals surface area contributed by atoms with E-state index in [0.29, 0.717) is 37.3 Å². The summed E-state index contributed by atoms with van der Waals surface area (Å²) in [5, 5.41) is 11.4. The van der Waals surface area contributed by atoms with Crippen LogP contribution < -0.4 is 0 Å². The normalized spacial score (nSPS) is 25.3. The molecule has 5 nitrogen and oxygen atoms in total. The van der Waals surface area contributed by atoms with Crippen LogP contribution in [0, 0.1) is 5.41 Å². The van der Waals surface area contributed by atoms with E-state index >= 15 is 0 Å². The predicted octanol–water partition coefficient (Wildman–Crippen LogP) is 1.80. The number of carbonyl (C=O) groups is 2. The van der Waals surface area contributed by atoms with Crippen molar-refractivity contribution in [2.24, 2.45) is 5.41 Å². The summed E-state index contributed by atoms with van der Waals surface area (Å²) in [6, 6.07) is 7.36. The highest BCUT2D eigenvalue weighted by Crippen LogP contribution is 2.49. The average molecular weight is 338 g/mol. The van der Waals surface area contributed by atoms with Gasteiger partial charge in [-0.05, 0) is 37.0 Å². The fraction of sp³-hybridized carbons (Fsp3) is 0.529. The molecule has 23 heavy (non-hydrogen) atoms. The van der Waals surface area contributed by atoms with Crippen LogP contribution in [0.3, 0.4) is 0 Å². The van der Waals surface area contributed by atoms with Crippen molar-refractivity contribution in [2.75, 3.05) is 20.2 Å². The molecule has 1 aliphatic carbocycles. The van der Waals surface area contributed by atoms with E-state index < -0.39 is 17.0 Å². The number of halogens is 1. The number of amides is 1. The van der Waals surface area contributed by atoms with E-state index in [1.165, 1.54) is 7.11 Å². The molecule has 1 atom stereocenters. The van der Waals surface area contributed by atoms with Gasteiger partial charge in [0.2, 0.25) is 5.91 Å². The van der Waals surface area contributed by atoms with Crippen LogP contribution in [0.4, 0.5) is 0 Å². The largest absolute Gasteiger partial charge is 0.468 e. The van der Waals surface area contributed by atoms with Gasteiger partial charge in [-0.25, -0.2) is 0 Å². The van der Waals surface area contributed by atoms with Crippen molar-refractivity contribution < 1.29 is 19.4 Å². The molecule has 124 valence electrons. The van der Waals surface area contributed by atoms with Gasteiger partial charge in [0, 0.05) is 24.5 Å². The van der Waals surface area contributed by atoms with Crippen LogP contribution in [0.15, 0.2) is 24.3 Å². The highest BCUT2D eigenvalue weighted by atomic mass is 35.5. The number of carbonyl (C=O) groups excluding carboxylic acids is 2. The Bertz CT molecular complexity index is 643. The Morgan fingerprint density at radius 3 is 2.70 bits per heavy atom. The lowest BCUT2D eigenvalue weighted by Gasteiger charge is -2.25. The molecule has 1 aromatic rings. The Morgan fingerprint density at radius 2 is 2.09 bits per heavy atom. The standard InChI is InChI=1S/C17H20ClNO4/c1-23-15(21)17(5-6-17)14(20)19-8-7-16(22,11-19)10-12-3-2-4-13(18)9-12/h2-4,9,22H,5-8,10-11H2,1H3. The van der Waals surface area contributed by atoms with E-state index in [2.05, 4.69) is 0 Å². The van der Waals surface area contributed by atoms with Gasteiger partial charge in [-0.1, -0.05) is 23.7 Å². The first kappa shape index (κ1) is 16.3. The SMILES string of the molecule is COC(=O)C1(C(=O)N2CCC(O)(Cc3cccc(Cl)c3)C2)CC1. The summed E-state index contributed by atoms with van der Waals surface area (Å²) in [6.07, 6.45) is 1.98. The van der Waals surface area contributed by atoms with Crippen LogP contribution in [0.5, 0.6) is 0 Å². The van der Waals surface area contributed by atoms with Gasteiger partial charge in [0.05, 0.1) is 12.7 Å². The van der Waals surface area contributed by atoms with Crippen LogP contribution in [0.25, 0.3) is 0 Å². The van der Waals surface area contributed by atoms with E-state index in [4.69, 9.17) is 16.3 Å². The quantitative estimate of drug-likeness (QED) is 0.672. The molecule has 0 radical (unpaired) electrons. The Morgan fingerprint density at radius 1 is 1.35 bits per heavy atom. The molecule has 3 rings (SSSR count). The summed E-state index contributed by atoms with van der Waals surface area (Å²) in [5.74, 6) is -0.681. The summed E-state index contributed by atoms with van der Waals surface area (Å²) < 4.78 is 4.76. The minimum absolute atomic E-state index is 0.216. The average Bonchev–Trinajstić information content (AvgIpc) is 3.24. The number of likely N-dealkylation sites (tertiary alicyclic amines) is 1. The number of β-amino-alcohol motifs (C(OH)–C–C–N with tert-alkyl or cyclic N) is 1. The van der Waals surface area contributed by atoms with Gasteiger partial charge in [0.15, 0.2) is 0 Å². The number of ether oxygens (including phenoxy) is 1. The Hall–Kier alpha value is -1.59. The fourth-order valence-electron chi connectivity index (χ4n) is 3.33. The summed E-state index contributed by atoms with van der Waals surface area (Å²) in [4.78, 5) is 26.0. The highest BCUT2D eigenvalue weighted by molar-refractivity contribution is 6.30. The van der Waals surface area contributed by atoms with Crippen LogP contribution >= 0.6 is 11.6 Å². The minimum atomic E-state index is -1.00. The second-order valence-electron chi connectivity index (χ2n) is 6.58. The molecule has 1 N–H and O–H groups in total. The number of aliphatic hydroxyl groups is 1. The molecular formula is C17H20ClNO4. The third-order valence-corrected chi connectivity index (χ3v) is 5.01. The third kappa shape index (κ3) is 3.08. The number of esters is 1. The van der Waals surface area contributed by atoms with Gasteiger partial charge in [0.25, 0.3) is 0 Å². The molecule has 1 saturated heterocycles. The van der Waals surface area contributed by atoms with Crippen molar-refractivity contribution in [3.05, 3.63) is 34.9 Å². The van der Waals surface area contributed by atoms with Gasteiger partial charge in [-0.3, -0.25) is 9.59 Å². The summed E-state index contributed by atoms with van der Waals surface area (Å²) in [7, 11) is 1.30. The van der Waals surface area contributed by atoms with E-state index in [1.807, 2.05) is 18.2 Å². The number of methoxy groups -OCH3 is 1. The smallest absolute Gasteiger partial charge is 0.321 e. The summed E-state index contributed by atoms with van der Waals surface area (Å²) in [6.45, 7) is 0.686. The molecule has 1 unspecified atom stereocenters. The molecular weight excluding hydrogens is 318 g/mol. The lowest BCUT2D eigenvalue weighted by atomic mass is 9.94. The van der Waals surface area contributed by atoms with E-state index in [-0.39, 0.29) is 12.5 Å². The lowest BCUT2D eigenvalue weighted by Crippen LogP contribution is -2.43. The maximum absolute atomic E-state index is 12.6. The Kier molecular flexibility index (Phi) is 4.10. The fourth-order valence-corrected chi connectivity index (χ4v) is 3.54. The monoisotopic (exact) mass is 337 g/mol. The van der Waals surface area contributed by atoms with Crippen LogP contribution in [-0.2, 0) is 20.7 Å². The molecule has 2 aliphatic rings. The van der Waals surface area contributed by atoms with Gasteiger partial charge < -0.3 is 14.7 Å². The zero-order valence-corrected chi connectivity index (χ0v) is 13.8. The van der Waals surface area contributed by atoms with Gasteiger partial charge in [-0.2, -0.15) is 0 Å². The Balaban J connectivity index is 1.68. The Labute approximate surface area is 140 Å². The summed E-state index contributed by atoms with van der Waals surface area (Å²) in [5.41, 5.74) is -1.05. The lowest BCUT2D eigenvalue weighted by molar-refractivity contribution is -0.156. The molecule has 2 fully saturated rings. The number of rotatable bonds is 4. The molecule has 1 aromatic carbocycles. The van der Waals surface area contributed by atoms with Crippen molar-refractivity contribution >= 4 is 23.5 Å². The van der Waals surface area contributed by atoms with Crippen molar-refractivity contribution in [3.63, 3.8) is 0 Å². The molecule has 1 heterocycles. The van der Waals surface area contributed by atoms with Gasteiger partial charge in [0.1, 0.15) is 5.41 Å². The molecule has 1 amide bonds. The van der Waals surface area contributed by atoms with Crippen molar-refractivity contribution in [1.82, 2.24) is 4.90 Å². The topological polar surface area (TPSA) is 66.8 Å². The maximum Gasteiger partial charge on any atom is 0.321 e. The van der Waals surface area contributed by atoms with Crippen molar-refractivity contribution in [2.45, 2.75) is 31.3 Å². The molecule has 1 aliphatic heterocycles. The molecule has 0 spiro atoms. The number of hydrogen-bond donors (Lipinski definition) is 1. The number of hydrogen-bond acceptors (Lipinski definition) is 4. The van der Waals surface area contributed by atoms with Crippen LogP contribution in [-0.4, -0.2) is 47.7 Å². The van der Waals surface area contributed by atoms with Crippen LogP contribution in [0.2, 0.25) is 5.02 Å². The number of nitrogens with zero attached hydrogens (tertiary/aromatic N) is 1. The molecule has 0 bridgehead atoms. The highest BCUT2D eigenvalue weighted by Gasteiger charge is 2.60. The van der Waals surface area contributed by atoms with Gasteiger partial charge >= 0.3 is 5.97 Å². The van der Waals surface area contributed by atoms with E-state index in [9.17, 15) is 14.7 Å². The van der Waals surface area contributed by atoms with Crippen molar-refractivity contribution in [1.29, 1.82) is 0 Å². The first-order valence-corrected chi connectivity index (χ1v) is 8.11. The van der Waals surface area contributed by atoms with E-state index in [1.54, 1.807) is 11.0 Å². The van der Waals surface area contributed by atoms with Crippen LogP contribution in [0.1, 0.15) is 24.8 Å². The molecule has 6 heteroatoms. The zero-order chi connectivity index (χ0) is 16.7. The molecule has 1 saturated carbocycles. The predicted molar refractivity (Wildman–Crippen MR) is 85.0 cm³/mol. The first-order valence-electron chi connectivity index (χ1n) is 7.73. The second kappa shape index (κ2) is 5.80. The maximum atomic E-state index is 12.6. The van der Waals surface area contributed by atoms with Gasteiger partial charge in [-0.15, -0.1) is 0 Å². The second-order valence-corrected chi connectivity index (χ2v) is 7.02. The summed E-state index contributed by atoms with van der Waals surface area (Å²) >= 11 is 5.98. The van der Waals surface area contributed by atoms with Crippen molar-refractivity contribution in [3.8, 4) is 0 Å².